The molecular formula is C14H13N3O3. The van der Waals surface area contributed by atoms with E-state index in [1.54, 1.807) is 12.1 Å². The van der Waals surface area contributed by atoms with E-state index >= 15 is 0 Å². The minimum atomic E-state index is -1.00. The summed E-state index contributed by atoms with van der Waals surface area (Å²) in [7, 11) is 0. The lowest BCUT2D eigenvalue weighted by molar-refractivity contribution is -0.120. The number of hydrogen-bond donors (Lipinski definition) is 2. The Balaban J connectivity index is 2.15. The van der Waals surface area contributed by atoms with Crippen molar-refractivity contribution < 1.29 is 14.7 Å². The number of benzene rings is 1. The number of anilines is 1. The molecule has 6 heteroatoms. The smallest absolute Gasteiger partial charge is 0.337 e. The molecule has 1 amide bonds. The monoisotopic (exact) mass is 271 g/mol. The molecule has 0 atom stereocenters. The molecule has 6 nitrogen and oxygen atoms in total. The number of amides is 1. The van der Waals surface area contributed by atoms with Gasteiger partial charge in [-0.15, -0.1) is 0 Å². The van der Waals surface area contributed by atoms with E-state index in [2.05, 4.69) is 10.3 Å². The summed E-state index contributed by atoms with van der Waals surface area (Å²) in [4.78, 5) is 28.8. The number of carboxylic acid groups (broad SMARTS) is 1. The van der Waals surface area contributed by atoms with Crippen molar-refractivity contribution in [3.63, 3.8) is 0 Å². The maximum atomic E-state index is 11.5. The van der Waals surface area contributed by atoms with E-state index in [0.29, 0.717) is 24.3 Å². The van der Waals surface area contributed by atoms with Crippen LogP contribution in [0.15, 0.2) is 30.5 Å². The molecule has 0 spiro atoms. The third-order valence-corrected chi connectivity index (χ3v) is 3.34. The summed E-state index contributed by atoms with van der Waals surface area (Å²) in [5.41, 5.74) is 0.172. The number of aromatic nitrogens is 1. The summed E-state index contributed by atoms with van der Waals surface area (Å²) in [5, 5.41) is 13.4. The third kappa shape index (κ3) is 2.05. The van der Waals surface area contributed by atoms with Crippen LogP contribution in [0.4, 0.5) is 5.82 Å². The molecule has 1 aliphatic rings. The van der Waals surface area contributed by atoms with Gasteiger partial charge in [-0.3, -0.25) is 4.79 Å². The molecule has 0 radical (unpaired) electrons. The van der Waals surface area contributed by atoms with Gasteiger partial charge in [-0.05, 0) is 0 Å². The first-order valence-corrected chi connectivity index (χ1v) is 6.29. The number of carboxylic acids is 1. The van der Waals surface area contributed by atoms with Gasteiger partial charge in [0.05, 0.1) is 12.1 Å². The Morgan fingerprint density at radius 1 is 1.30 bits per heavy atom. The molecule has 0 saturated carbocycles. The molecule has 0 aliphatic carbocycles. The van der Waals surface area contributed by atoms with Gasteiger partial charge in [0.15, 0.2) is 0 Å². The summed E-state index contributed by atoms with van der Waals surface area (Å²) < 4.78 is 0. The fourth-order valence-electron chi connectivity index (χ4n) is 2.42. The molecule has 2 heterocycles. The zero-order valence-corrected chi connectivity index (χ0v) is 10.7. The van der Waals surface area contributed by atoms with Crippen LogP contribution >= 0.6 is 0 Å². The van der Waals surface area contributed by atoms with Crippen LogP contribution in [0, 0.1) is 0 Å². The van der Waals surface area contributed by atoms with Crippen LogP contribution in [0.2, 0.25) is 0 Å². The van der Waals surface area contributed by atoms with Crippen LogP contribution in [0.5, 0.6) is 0 Å². The second-order valence-corrected chi connectivity index (χ2v) is 4.62. The Labute approximate surface area is 115 Å². The topological polar surface area (TPSA) is 82.5 Å². The van der Waals surface area contributed by atoms with Gasteiger partial charge in [0.1, 0.15) is 5.82 Å². The minimum absolute atomic E-state index is 0.0514. The van der Waals surface area contributed by atoms with Crippen molar-refractivity contribution in [2.45, 2.75) is 0 Å². The average molecular weight is 271 g/mol. The molecule has 0 unspecified atom stereocenters. The second-order valence-electron chi connectivity index (χ2n) is 4.62. The van der Waals surface area contributed by atoms with Crippen molar-refractivity contribution in [2.75, 3.05) is 24.5 Å². The summed E-state index contributed by atoms with van der Waals surface area (Å²) in [6.45, 7) is 1.47. The van der Waals surface area contributed by atoms with Crippen molar-refractivity contribution in [3.05, 3.63) is 36.0 Å². The van der Waals surface area contributed by atoms with Crippen LogP contribution in [0.3, 0.4) is 0 Å². The first kappa shape index (κ1) is 12.4. The molecule has 20 heavy (non-hydrogen) atoms. The van der Waals surface area contributed by atoms with Gasteiger partial charge in [-0.1, -0.05) is 24.3 Å². The summed E-state index contributed by atoms with van der Waals surface area (Å²) in [6.07, 6.45) is 1.35. The van der Waals surface area contributed by atoms with Crippen LogP contribution in [0.1, 0.15) is 10.4 Å². The number of nitrogens with one attached hydrogen (secondary N) is 1. The largest absolute Gasteiger partial charge is 0.478 e. The molecule has 1 aliphatic heterocycles. The Bertz CT molecular complexity index is 699. The van der Waals surface area contributed by atoms with E-state index in [-0.39, 0.29) is 18.0 Å². The lowest BCUT2D eigenvalue weighted by atomic mass is 10.1. The third-order valence-electron chi connectivity index (χ3n) is 3.34. The number of aromatic carboxylic acids is 1. The maximum Gasteiger partial charge on any atom is 0.337 e. The Kier molecular flexibility index (Phi) is 2.98. The van der Waals surface area contributed by atoms with E-state index in [1.807, 2.05) is 17.0 Å². The molecule has 2 N–H and O–H groups in total. The normalized spacial score (nSPS) is 15.2. The first-order valence-electron chi connectivity index (χ1n) is 6.29. The van der Waals surface area contributed by atoms with Crippen LogP contribution in [0.25, 0.3) is 10.8 Å². The van der Waals surface area contributed by atoms with Gasteiger partial charge in [0, 0.05) is 30.1 Å². The highest BCUT2D eigenvalue weighted by atomic mass is 16.4. The molecule has 102 valence electrons. The number of carbonyl (C=O) groups is 2. The number of pyridine rings is 1. The summed E-state index contributed by atoms with van der Waals surface area (Å²) in [6, 6.07) is 7.22. The Hall–Kier alpha value is -2.63. The predicted octanol–water partition coefficient (Wildman–Crippen LogP) is 0.869. The Morgan fingerprint density at radius 3 is 2.75 bits per heavy atom. The zero-order valence-electron chi connectivity index (χ0n) is 10.7. The quantitative estimate of drug-likeness (QED) is 0.847. The molecule has 1 fully saturated rings. The van der Waals surface area contributed by atoms with E-state index in [4.69, 9.17) is 0 Å². The van der Waals surface area contributed by atoms with Crippen LogP contribution in [-0.2, 0) is 4.79 Å². The zero-order chi connectivity index (χ0) is 14.1. The highest BCUT2D eigenvalue weighted by molar-refractivity contribution is 6.07. The van der Waals surface area contributed by atoms with Crippen molar-refractivity contribution >= 4 is 28.5 Å². The van der Waals surface area contributed by atoms with Gasteiger partial charge < -0.3 is 15.3 Å². The van der Waals surface area contributed by atoms with Gasteiger partial charge in [-0.25, -0.2) is 9.78 Å². The van der Waals surface area contributed by atoms with Gasteiger partial charge in [0.2, 0.25) is 5.91 Å². The lowest BCUT2D eigenvalue weighted by Gasteiger charge is -2.28. The summed E-state index contributed by atoms with van der Waals surface area (Å²) >= 11 is 0. The van der Waals surface area contributed by atoms with E-state index in [0.717, 1.165) is 5.39 Å². The fourth-order valence-corrected chi connectivity index (χ4v) is 2.42. The lowest BCUT2D eigenvalue weighted by Crippen LogP contribution is -2.48. The SMILES string of the molecule is O=C1CN(c2ncc(C(=O)O)c3ccccc23)CCN1. The number of fused-ring (bicyclic) bond motifs is 1. The molecule has 2 aromatic rings. The number of hydrogen-bond acceptors (Lipinski definition) is 4. The number of nitrogens with zero attached hydrogens (tertiary/aromatic N) is 2. The van der Waals surface area contributed by atoms with Gasteiger partial charge in [0.25, 0.3) is 0 Å². The highest BCUT2D eigenvalue weighted by Crippen LogP contribution is 2.27. The predicted molar refractivity (Wildman–Crippen MR) is 73.9 cm³/mol. The van der Waals surface area contributed by atoms with Gasteiger partial charge in [-0.2, -0.15) is 0 Å². The summed E-state index contributed by atoms with van der Waals surface area (Å²) in [5.74, 6) is -0.401. The standard InChI is InChI=1S/C14H13N3O3/c18-12-8-17(6-5-15-12)13-10-4-2-1-3-9(10)11(7-16-13)14(19)20/h1-4,7H,5-6,8H2,(H,15,18)(H,19,20). The maximum absolute atomic E-state index is 11.5. The molecule has 1 aromatic heterocycles. The van der Waals surface area contributed by atoms with Crippen molar-refractivity contribution in [2.24, 2.45) is 0 Å². The fraction of sp³-hybridized carbons (Fsp3) is 0.214. The average Bonchev–Trinajstić information content (AvgIpc) is 2.46. The van der Waals surface area contributed by atoms with E-state index in [1.165, 1.54) is 6.20 Å². The van der Waals surface area contributed by atoms with Crippen LogP contribution < -0.4 is 10.2 Å². The number of rotatable bonds is 2. The highest BCUT2D eigenvalue weighted by Gasteiger charge is 2.21. The van der Waals surface area contributed by atoms with Crippen molar-refractivity contribution in [3.8, 4) is 0 Å². The number of carbonyl (C=O) groups excluding carboxylic acids is 1. The molecule has 0 bridgehead atoms. The second kappa shape index (κ2) is 4.80. The first-order chi connectivity index (χ1) is 9.66. The van der Waals surface area contributed by atoms with Crippen LogP contribution in [-0.4, -0.2) is 41.6 Å². The number of piperazine rings is 1. The van der Waals surface area contributed by atoms with E-state index in [9.17, 15) is 14.7 Å². The molecule has 3 rings (SSSR count). The molecule has 1 saturated heterocycles. The minimum Gasteiger partial charge on any atom is -0.478 e. The van der Waals surface area contributed by atoms with Crippen molar-refractivity contribution in [1.29, 1.82) is 0 Å². The van der Waals surface area contributed by atoms with Gasteiger partial charge >= 0.3 is 5.97 Å². The van der Waals surface area contributed by atoms with E-state index < -0.39 is 5.97 Å². The van der Waals surface area contributed by atoms with Crippen molar-refractivity contribution in [1.82, 2.24) is 10.3 Å². The molecule has 1 aromatic carbocycles. The molecular weight excluding hydrogens is 258 g/mol. The Morgan fingerprint density at radius 2 is 2.05 bits per heavy atom.